The van der Waals surface area contributed by atoms with E-state index in [0.29, 0.717) is 42.9 Å². The van der Waals surface area contributed by atoms with Crippen LogP contribution in [0.25, 0.3) is 0 Å². The molecule has 3 amide bonds. The number of rotatable bonds is 8. The zero-order chi connectivity index (χ0) is 28.9. The van der Waals surface area contributed by atoms with E-state index in [9.17, 15) is 24.4 Å². The molecule has 2 aromatic carbocycles. The third kappa shape index (κ3) is 4.48. The Kier molecular flexibility index (Phi) is 6.46. The van der Waals surface area contributed by atoms with Gasteiger partial charge >= 0.3 is 5.76 Å². The number of primary amides is 2. The number of nitriles is 1. The van der Waals surface area contributed by atoms with Gasteiger partial charge in [-0.1, -0.05) is 17.3 Å². The van der Waals surface area contributed by atoms with Gasteiger partial charge in [0, 0.05) is 17.2 Å². The molecule has 0 unspecified atom stereocenters. The summed E-state index contributed by atoms with van der Waals surface area (Å²) in [5, 5.41) is 16.8. The van der Waals surface area contributed by atoms with Crippen LogP contribution in [0, 0.1) is 17.2 Å². The largest absolute Gasteiger partial charge is 0.438 e. The number of piperidine rings is 1. The molecular formula is C29H29N7O5. The number of nitrogens with two attached hydrogens (primary N) is 2. The molecule has 0 spiro atoms. The van der Waals surface area contributed by atoms with Crippen LogP contribution in [-0.4, -0.2) is 57.9 Å². The number of carbonyl (C=O) groups is 3. The lowest BCUT2D eigenvalue weighted by Crippen LogP contribution is -2.44. The number of amides is 3. The highest BCUT2D eigenvalue weighted by molar-refractivity contribution is 5.94. The van der Waals surface area contributed by atoms with Crippen molar-refractivity contribution < 1.29 is 18.9 Å². The number of H-pyrrole nitrogens is 1. The van der Waals surface area contributed by atoms with Crippen molar-refractivity contribution in [1.29, 1.82) is 5.26 Å². The minimum absolute atomic E-state index is 0.0494. The highest BCUT2D eigenvalue weighted by Crippen LogP contribution is 2.48. The summed E-state index contributed by atoms with van der Waals surface area (Å²) in [5.41, 5.74) is 14.0. The number of nitrogens with one attached hydrogen (secondary N) is 2. The number of nitrogens with zero attached hydrogens (tertiary/aromatic N) is 3. The molecule has 41 heavy (non-hydrogen) atoms. The molecule has 12 heteroatoms. The van der Waals surface area contributed by atoms with Gasteiger partial charge in [0.2, 0.25) is 17.7 Å². The first-order valence-electron chi connectivity index (χ1n) is 13.6. The van der Waals surface area contributed by atoms with Crippen molar-refractivity contribution in [2.75, 3.05) is 13.1 Å². The predicted molar refractivity (Wildman–Crippen MR) is 145 cm³/mol. The summed E-state index contributed by atoms with van der Waals surface area (Å²) in [6, 6.07) is 12.4. The van der Waals surface area contributed by atoms with E-state index < -0.39 is 23.0 Å². The lowest BCUT2D eigenvalue weighted by molar-refractivity contribution is -0.131. The smallest absolute Gasteiger partial charge is 0.366 e. The maximum Gasteiger partial charge on any atom is 0.438 e. The summed E-state index contributed by atoms with van der Waals surface area (Å²) in [6.45, 7) is 0.377. The molecule has 12 nitrogen and oxygen atoms in total. The molecule has 6 N–H and O–H groups in total. The number of fused-ring (bicyclic) bond motifs is 3. The first-order chi connectivity index (χ1) is 19.7. The predicted octanol–water partition coefficient (Wildman–Crippen LogP) is 0.486. The minimum Gasteiger partial charge on any atom is -0.366 e. The Morgan fingerprint density at radius 1 is 1.07 bits per heavy atom. The van der Waals surface area contributed by atoms with Crippen molar-refractivity contribution in [3.05, 3.63) is 86.2 Å². The van der Waals surface area contributed by atoms with Gasteiger partial charge in [0.05, 0.1) is 18.0 Å². The molecule has 3 aliphatic rings. The van der Waals surface area contributed by atoms with Crippen LogP contribution in [0.15, 0.2) is 45.7 Å². The molecule has 1 saturated heterocycles. The van der Waals surface area contributed by atoms with Gasteiger partial charge in [0.15, 0.2) is 5.82 Å². The standard InChI is InChI=1S/C29H29N7O5/c30-13-20-11-19-12-23(19)36(20)24(37)14-33-8-7-29(27-34-28(40)41-35-27)21-5-3-17(25(31)38)9-15(21)1-2-16-10-18(26(32)39)4-6-22(16)29/h3-6,9-10,19-20,23,33H,1-2,7-8,11-12,14H2,(H2,31,38)(H2,32,39)(H,34,35,40)/t19-,20+,23+/m1/s1. The molecule has 3 atom stereocenters. The monoisotopic (exact) mass is 555 g/mol. The van der Waals surface area contributed by atoms with Crippen LogP contribution in [0.1, 0.15) is 68.1 Å². The van der Waals surface area contributed by atoms with E-state index >= 15 is 0 Å². The van der Waals surface area contributed by atoms with Crippen molar-refractivity contribution in [2.24, 2.45) is 17.4 Å². The van der Waals surface area contributed by atoms with Crippen LogP contribution in [-0.2, 0) is 23.1 Å². The van der Waals surface area contributed by atoms with Crippen LogP contribution in [0.3, 0.4) is 0 Å². The average molecular weight is 556 g/mol. The van der Waals surface area contributed by atoms with Gasteiger partial charge < -0.3 is 21.7 Å². The average Bonchev–Trinajstić information content (AvgIpc) is 3.45. The molecule has 6 rings (SSSR count). The van der Waals surface area contributed by atoms with Crippen molar-refractivity contribution >= 4 is 17.7 Å². The molecule has 1 aliphatic heterocycles. The Balaban J connectivity index is 1.39. The van der Waals surface area contributed by atoms with E-state index in [2.05, 4.69) is 21.5 Å². The number of hydrogen-bond donors (Lipinski definition) is 4. The zero-order valence-electron chi connectivity index (χ0n) is 22.2. The summed E-state index contributed by atoms with van der Waals surface area (Å²) in [4.78, 5) is 53.8. The maximum atomic E-state index is 13.1. The number of aromatic nitrogens is 2. The fraction of sp³-hybridized carbons (Fsp3) is 0.379. The van der Waals surface area contributed by atoms with E-state index in [1.807, 2.05) is 0 Å². The molecule has 2 fully saturated rings. The molecule has 0 bridgehead atoms. The van der Waals surface area contributed by atoms with E-state index in [4.69, 9.17) is 16.0 Å². The second-order valence-corrected chi connectivity index (χ2v) is 11.0. The van der Waals surface area contributed by atoms with Crippen molar-refractivity contribution in [3.63, 3.8) is 0 Å². The summed E-state index contributed by atoms with van der Waals surface area (Å²) in [5.74, 6) is -1.31. The summed E-state index contributed by atoms with van der Waals surface area (Å²) in [7, 11) is 0. The fourth-order valence-corrected chi connectivity index (χ4v) is 6.70. The number of likely N-dealkylation sites (tertiary alicyclic amines) is 1. The zero-order valence-corrected chi connectivity index (χ0v) is 22.2. The van der Waals surface area contributed by atoms with Crippen molar-refractivity contribution in [3.8, 4) is 6.07 Å². The fourth-order valence-electron chi connectivity index (χ4n) is 6.70. The molecule has 1 aromatic heterocycles. The molecule has 1 saturated carbocycles. The second-order valence-electron chi connectivity index (χ2n) is 11.0. The van der Waals surface area contributed by atoms with E-state index in [0.717, 1.165) is 35.1 Å². The second kappa shape index (κ2) is 10.0. The van der Waals surface area contributed by atoms with Gasteiger partial charge in [-0.2, -0.15) is 5.26 Å². The number of hydrogen-bond acceptors (Lipinski definition) is 8. The third-order valence-electron chi connectivity index (χ3n) is 8.70. The summed E-state index contributed by atoms with van der Waals surface area (Å²) < 4.78 is 4.97. The first-order valence-corrected chi connectivity index (χ1v) is 13.6. The molecule has 0 radical (unpaired) electrons. The van der Waals surface area contributed by atoms with Gasteiger partial charge in [-0.05, 0) is 91.1 Å². The quantitative estimate of drug-likeness (QED) is 0.287. The Labute approximate surface area is 234 Å². The van der Waals surface area contributed by atoms with Crippen LogP contribution >= 0.6 is 0 Å². The van der Waals surface area contributed by atoms with Crippen molar-refractivity contribution in [1.82, 2.24) is 20.4 Å². The molecule has 2 heterocycles. The Hall–Kier alpha value is -4.76. The Bertz CT molecular complexity index is 1600. The maximum absolute atomic E-state index is 13.1. The Morgan fingerprint density at radius 3 is 2.24 bits per heavy atom. The number of aromatic amines is 1. The van der Waals surface area contributed by atoms with Gasteiger partial charge in [-0.3, -0.25) is 23.9 Å². The Morgan fingerprint density at radius 2 is 1.71 bits per heavy atom. The van der Waals surface area contributed by atoms with E-state index in [1.165, 1.54) is 0 Å². The van der Waals surface area contributed by atoms with Crippen LogP contribution in [0.4, 0.5) is 0 Å². The number of benzene rings is 2. The van der Waals surface area contributed by atoms with Crippen LogP contribution in [0.2, 0.25) is 0 Å². The van der Waals surface area contributed by atoms with Gasteiger partial charge in [-0.15, -0.1) is 0 Å². The van der Waals surface area contributed by atoms with E-state index in [-0.39, 0.29) is 30.4 Å². The minimum atomic E-state index is -1.07. The highest BCUT2D eigenvalue weighted by atomic mass is 16.5. The number of aryl methyl sites for hydroxylation is 2. The summed E-state index contributed by atoms with van der Waals surface area (Å²) in [6.07, 6.45) is 3.05. The van der Waals surface area contributed by atoms with Gasteiger partial charge in [0.1, 0.15) is 6.04 Å². The molecule has 3 aromatic rings. The van der Waals surface area contributed by atoms with Gasteiger partial charge in [-0.25, -0.2) is 4.79 Å². The highest BCUT2D eigenvalue weighted by Gasteiger charge is 2.54. The normalized spacial score (nSPS) is 21.6. The van der Waals surface area contributed by atoms with Crippen LogP contribution in [0.5, 0.6) is 0 Å². The summed E-state index contributed by atoms with van der Waals surface area (Å²) >= 11 is 0. The SMILES string of the molecule is N#C[C@@H]1C[C@@H]2C[C@@H]2N1C(=O)CNCCC1(c2noc(=O)[nH]2)c2ccc(C(N)=O)cc2CCc2cc(C(N)=O)ccc21. The molecular weight excluding hydrogens is 526 g/mol. The molecule has 210 valence electrons. The lowest BCUT2D eigenvalue weighted by Gasteiger charge is -2.34. The van der Waals surface area contributed by atoms with Crippen LogP contribution < -0.4 is 22.5 Å². The third-order valence-corrected chi connectivity index (χ3v) is 8.70. The van der Waals surface area contributed by atoms with E-state index in [1.54, 1.807) is 41.3 Å². The van der Waals surface area contributed by atoms with Crippen molar-refractivity contribution in [2.45, 2.75) is 49.6 Å². The topological polar surface area (TPSA) is 201 Å². The molecule has 2 aliphatic carbocycles. The first kappa shape index (κ1) is 26.5. The lowest BCUT2D eigenvalue weighted by atomic mass is 9.69. The number of carbonyl (C=O) groups excluding carboxylic acids is 3. The van der Waals surface area contributed by atoms with Gasteiger partial charge in [0.25, 0.3) is 0 Å².